The molecule has 0 saturated heterocycles. The maximum atomic E-state index is 11.5. The first kappa shape index (κ1) is 10.1. The molecule has 0 aromatic heterocycles. The molecule has 0 amide bonds. The summed E-state index contributed by atoms with van der Waals surface area (Å²) in [5.41, 5.74) is 0. The summed E-state index contributed by atoms with van der Waals surface area (Å²) in [5.74, 6) is 4.87. The first-order chi connectivity index (χ1) is 7.15. The van der Waals surface area contributed by atoms with E-state index in [-0.39, 0.29) is 4.90 Å². The average molecular weight is 221 g/mol. The van der Waals surface area contributed by atoms with Gasteiger partial charge in [-0.25, -0.2) is 14.3 Å². The minimum atomic E-state index is -3.72. The van der Waals surface area contributed by atoms with Crippen LogP contribution in [0.1, 0.15) is 0 Å². The molecule has 1 radical (unpaired) electrons. The van der Waals surface area contributed by atoms with Crippen LogP contribution in [0, 0.1) is 0 Å². The van der Waals surface area contributed by atoms with Crippen molar-refractivity contribution in [3.8, 4) is 0 Å². The van der Waals surface area contributed by atoms with Crippen molar-refractivity contribution in [1.82, 2.24) is 4.83 Å². The molecule has 0 aliphatic heterocycles. The predicted octanol–water partition coefficient (Wildman–Crippen LogP) is 1.01. The molecule has 0 bridgehead atoms. The first-order valence-electron chi connectivity index (χ1n) is 4.30. The Morgan fingerprint density at radius 2 is 1.67 bits per heavy atom. The number of benzene rings is 2. The van der Waals surface area contributed by atoms with Gasteiger partial charge in [0.15, 0.2) is 0 Å². The summed E-state index contributed by atoms with van der Waals surface area (Å²) in [6, 6.07) is 12.2. The molecule has 0 spiro atoms. The number of fused-ring (bicyclic) bond motifs is 1. The van der Waals surface area contributed by atoms with Crippen molar-refractivity contribution in [1.29, 1.82) is 0 Å². The van der Waals surface area contributed by atoms with Crippen LogP contribution in [-0.4, -0.2) is 8.42 Å². The van der Waals surface area contributed by atoms with E-state index in [2.05, 4.69) is 4.83 Å². The van der Waals surface area contributed by atoms with Gasteiger partial charge in [0.1, 0.15) is 0 Å². The Bertz CT molecular complexity index is 588. The molecule has 77 valence electrons. The van der Waals surface area contributed by atoms with Crippen LogP contribution < -0.4 is 10.7 Å². The van der Waals surface area contributed by atoms with Gasteiger partial charge in [0.2, 0.25) is 0 Å². The molecule has 0 fully saturated rings. The molecule has 2 aromatic rings. The fourth-order valence-electron chi connectivity index (χ4n) is 1.48. The second kappa shape index (κ2) is 3.62. The molecule has 2 rings (SSSR count). The molecular weight excluding hydrogens is 212 g/mol. The summed E-state index contributed by atoms with van der Waals surface area (Å²) in [4.78, 5) is 3.05. The Labute approximate surface area is 87.7 Å². The van der Waals surface area contributed by atoms with Crippen LogP contribution in [0.25, 0.3) is 10.8 Å². The fourth-order valence-corrected chi connectivity index (χ4v) is 2.31. The van der Waals surface area contributed by atoms with Gasteiger partial charge < -0.3 is 0 Å². The SMILES string of the molecule is N[N]S(=O)(=O)c1cccc2ccccc12. The summed E-state index contributed by atoms with van der Waals surface area (Å²) >= 11 is 0. The highest BCUT2D eigenvalue weighted by atomic mass is 32.2. The molecule has 0 saturated carbocycles. The second-order valence-corrected chi connectivity index (χ2v) is 4.66. The Morgan fingerprint density at radius 1 is 1.00 bits per heavy atom. The summed E-state index contributed by atoms with van der Waals surface area (Å²) in [5, 5.41) is 1.48. The summed E-state index contributed by atoms with van der Waals surface area (Å²) in [6.07, 6.45) is 0. The number of hydrogen-bond donors (Lipinski definition) is 1. The predicted molar refractivity (Wildman–Crippen MR) is 57.5 cm³/mol. The average Bonchev–Trinajstić information content (AvgIpc) is 2.28. The molecule has 0 atom stereocenters. The molecule has 5 heteroatoms. The third kappa shape index (κ3) is 1.72. The highest BCUT2D eigenvalue weighted by molar-refractivity contribution is 7.89. The van der Waals surface area contributed by atoms with Crippen molar-refractivity contribution in [2.75, 3.05) is 0 Å². The van der Waals surface area contributed by atoms with E-state index >= 15 is 0 Å². The minimum absolute atomic E-state index is 0.142. The molecule has 15 heavy (non-hydrogen) atoms. The molecule has 2 N–H and O–H groups in total. The lowest BCUT2D eigenvalue weighted by Gasteiger charge is -2.04. The Balaban J connectivity index is 2.83. The number of hydrogen-bond acceptors (Lipinski definition) is 3. The third-order valence-electron chi connectivity index (χ3n) is 2.17. The van der Waals surface area contributed by atoms with Crippen LogP contribution in [0.2, 0.25) is 0 Å². The van der Waals surface area contributed by atoms with Crippen molar-refractivity contribution < 1.29 is 8.42 Å². The van der Waals surface area contributed by atoms with Gasteiger partial charge in [-0.2, -0.15) is 0 Å². The van der Waals surface area contributed by atoms with Gasteiger partial charge in [-0.3, -0.25) is 0 Å². The topological polar surface area (TPSA) is 74.3 Å². The standard InChI is InChI=1S/C10H9N2O2S/c11-12-15(13,14)10-7-3-5-8-4-1-2-6-9(8)10/h1-7H,11H2. The maximum Gasteiger partial charge on any atom is 0.271 e. The second-order valence-electron chi connectivity index (χ2n) is 3.06. The van der Waals surface area contributed by atoms with Crippen LogP contribution >= 0.6 is 0 Å². The molecular formula is C10H9N2O2S. The van der Waals surface area contributed by atoms with Gasteiger partial charge in [-0.15, -0.1) is 0 Å². The van der Waals surface area contributed by atoms with Gasteiger partial charge >= 0.3 is 0 Å². The molecule has 0 aliphatic rings. The van der Waals surface area contributed by atoms with Crippen molar-refractivity contribution in [3.05, 3.63) is 42.5 Å². The van der Waals surface area contributed by atoms with Crippen LogP contribution in [0.5, 0.6) is 0 Å². The number of nitrogens with two attached hydrogens (primary N) is 1. The molecule has 0 aliphatic carbocycles. The zero-order chi connectivity index (χ0) is 10.9. The van der Waals surface area contributed by atoms with Crippen LogP contribution in [0.3, 0.4) is 0 Å². The number of rotatable bonds is 2. The lowest BCUT2D eigenvalue weighted by molar-refractivity contribution is 0.583. The highest BCUT2D eigenvalue weighted by Gasteiger charge is 2.15. The van der Waals surface area contributed by atoms with E-state index in [1.165, 1.54) is 6.07 Å². The van der Waals surface area contributed by atoms with Gasteiger partial charge in [0.05, 0.1) is 4.90 Å². The van der Waals surface area contributed by atoms with E-state index in [0.717, 1.165) is 5.39 Å². The zero-order valence-corrected chi connectivity index (χ0v) is 8.61. The Kier molecular flexibility index (Phi) is 2.44. The largest absolute Gasteiger partial charge is 0.271 e. The maximum absolute atomic E-state index is 11.5. The molecule has 0 heterocycles. The molecule has 4 nitrogen and oxygen atoms in total. The van der Waals surface area contributed by atoms with E-state index < -0.39 is 10.0 Å². The van der Waals surface area contributed by atoms with Gasteiger partial charge in [0, 0.05) is 5.39 Å². The lowest BCUT2D eigenvalue weighted by Crippen LogP contribution is -2.22. The van der Waals surface area contributed by atoms with E-state index in [1.54, 1.807) is 18.2 Å². The van der Waals surface area contributed by atoms with E-state index in [1.807, 2.05) is 18.2 Å². The van der Waals surface area contributed by atoms with Crippen LogP contribution in [0.4, 0.5) is 0 Å². The van der Waals surface area contributed by atoms with E-state index in [4.69, 9.17) is 5.84 Å². The van der Waals surface area contributed by atoms with E-state index in [0.29, 0.717) is 5.39 Å². The first-order valence-corrected chi connectivity index (χ1v) is 5.74. The van der Waals surface area contributed by atoms with Crippen LogP contribution in [0.15, 0.2) is 47.4 Å². The van der Waals surface area contributed by atoms with E-state index in [9.17, 15) is 8.42 Å². The van der Waals surface area contributed by atoms with Gasteiger partial charge in [-0.1, -0.05) is 36.4 Å². The fraction of sp³-hybridized carbons (Fsp3) is 0. The van der Waals surface area contributed by atoms with Gasteiger partial charge in [-0.05, 0) is 16.3 Å². The molecule has 2 aromatic carbocycles. The third-order valence-corrected chi connectivity index (χ3v) is 3.36. The highest BCUT2D eigenvalue weighted by Crippen LogP contribution is 2.22. The zero-order valence-electron chi connectivity index (χ0n) is 7.79. The minimum Gasteiger partial charge on any atom is -0.238 e. The van der Waals surface area contributed by atoms with Crippen molar-refractivity contribution >= 4 is 20.8 Å². The van der Waals surface area contributed by atoms with Gasteiger partial charge in [0.25, 0.3) is 10.0 Å². The Hall–Kier alpha value is -1.43. The normalized spacial score (nSPS) is 11.8. The van der Waals surface area contributed by atoms with Crippen LogP contribution in [-0.2, 0) is 10.0 Å². The number of sulfonamides is 1. The van der Waals surface area contributed by atoms with Crippen molar-refractivity contribution in [2.24, 2.45) is 5.84 Å². The summed E-state index contributed by atoms with van der Waals surface area (Å²) < 4.78 is 23.0. The smallest absolute Gasteiger partial charge is 0.238 e. The number of nitrogens with zero attached hydrogens (tertiary/aromatic N) is 1. The monoisotopic (exact) mass is 221 g/mol. The summed E-state index contributed by atoms with van der Waals surface area (Å²) in [7, 11) is -3.72. The van der Waals surface area contributed by atoms with Crippen molar-refractivity contribution in [3.63, 3.8) is 0 Å². The van der Waals surface area contributed by atoms with Crippen molar-refractivity contribution in [2.45, 2.75) is 4.90 Å². The Morgan fingerprint density at radius 3 is 2.40 bits per heavy atom. The summed E-state index contributed by atoms with van der Waals surface area (Å²) in [6.45, 7) is 0. The quantitative estimate of drug-likeness (QED) is 0.607. The lowest BCUT2D eigenvalue weighted by atomic mass is 10.1. The molecule has 0 unspecified atom stereocenters.